The fraction of sp³-hybridized carbons (Fsp3) is 0.625. The van der Waals surface area contributed by atoms with Crippen LogP contribution in [-0.4, -0.2) is 27.7 Å². The van der Waals surface area contributed by atoms with Crippen molar-refractivity contribution in [3.63, 3.8) is 0 Å². The van der Waals surface area contributed by atoms with Gasteiger partial charge in [0.15, 0.2) is 0 Å². The molecule has 0 aromatic carbocycles. The van der Waals surface area contributed by atoms with Crippen LogP contribution >= 0.6 is 0 Å². The van der Waals surface area contributed by atoms with Crippen LogP contribution in [0.3, 0.4) is 0 Å². The molecule has 0 fully saturated rings. The van der Waals surface area contributed by atoms with Gasteiger partial charge in [-0.3, -0.25) is 0 Å². The summed E-state index contributed by atoms with van der Waals surface area (Å²) in [7, 11) is 0. The van der Waals surface area contributed by atoms with Gasteiger partial charge < -0.3 is 15.4 Å². The van der Waals surface area contributed by atoms with Crippen LogP contribution in [-0.2, 0) is 6.54 Å². The van der Waals surface area contributed by atoms with Gasteiger partial charge in [-0.25, -0.2) is 4.98 Å². The van der Waals surface area contributed by atoms with Gasteiger partial charge in [0.2, 0.25) is 0 Å². The number of H-pyrrole nitrogens is 1. The van der Waals surface area contributed by atoms with Crippen molar-refractivity contribution < 1.29 is 5.11 Å². The first-order chi connectivity index (χ1) is 5.79. The van der Waals surface area contributed by atoms with Crippen LogP contribution in [0.5, 0.6) is 0 Å². The number of hydrogen-bond donors (Lipinski definition) is 3. The lowest BCUT2D eigenvalue weighted by atomic mass is 10.3. The van der Waals surface area contributed by atoms with Crippen LogP contribution in [0.4, 0.5) is 0 Å². The average Bonchev–Trinajstić information content (AvgIpc) is 2.49. The molecule has 1 unspecified atom stereocenters. The van der Waals surface area contributed by atoms with Crippen LogP contribution in [0.25, 0.3) is 0 Å². The summed E-state index contributed by atoms with van der Waals surface area (Å²) in [5.74, 6) is 0. The van der Waals surface area contributed by atoms with Crippen LogP contribution in [0.15, 0.2) is 12.5 Å². The Morgan fingerprint density at radius 1 is 1.75 bits per heavy atom. The van der Waals surface area contributed by atoms with Crippen molar-refractivity contribution in [1.29, 1.82) is 0 Å². The maximum Gasteiger partial charge on any atom is 0.0922 e. The van der Waals surface area contributed by atoms with E-state index in [1.54, 1.807) is 19.4 Å². The van der Waals surface area contributed by atoms with E-state index in [1.807, 2.05) is 0 Å². The van der Waals surface area contributed by atoms with E-state index in [2.05, 4.69) is 15.3 Å². The molecule has 1 aromatic heterocycles. The van der Waals surface area contributed by atoms with Crippen molar-refractivity contribution in [2.24, 2.45) is 0 Å². The van der Waals surface area contributed by atoms with E-state index < -0.39 is 0 Å². The van der Waals surface area contributed by atoms with Gasteiger partial charge >= 0.3 is 0 Å². The Morgan fingerprint density at radius 3 is 3.17 bits per heavy atom. The molecular formula is C8H15N3O. The molecule has 0 saturated carbocycles. The first-order valence-corrected chi connectivity index (χ1v) is 4.15. The molecule has 0 saturated heterocycles. The zero-order chi connectivity index (χ0) is 8.81. The summed E-state index contributed by atoms with van der Waals surface area (Å²) < 4.78 is 0. The fourth-order valence-corrected chi connectivity index (χ4v) is 0.915. The lowest BCUT2D eigenvalue weighted by Crippen LogP contribution is -2.18. The van der Waals surface area contributed by atoms with Crippen LogP contribution in [0.1, 0.15) is 19.0 Å². The van der Waals surface area contributed by atoms with E-state index in [-0.39, 0.29) is 6.10 Å². The van der Waals surface area contributed by atoms with Gasteiger partial charge in [-0.05, 0) is 19.9 Å². The number of rotatable bonds is 5. The van der Waals surface area contributed by atoms with Gasteiger partial charge in [0.1, 0.15) is 0 Å². The van der Waals surface area contributed by atoms with Gasteiger partial charge in [-0.2, -0.15) is 0 Å². The molecule has 4 heteroatoms. The molecule has 0 amide bonds. The molecule has 0 aliphatic rings. The van der Waals surface area contributed by atoms with Crippen molar-refractivity contribution in [2.45, 2.75) is 26.0 Å². The highest BCUT2D eigenvalue weighted by atomic mass is 16.3. The van der Waals surface area contributed by atoms with Gasteiger partial charge in [-0.1, -0.05) is 0 Å². The van der Waals surface area contributed by atoms with Gasteiger partial charge in [0.05, 0.1) is 12.4 Å². The molecule has 0 radical (unpaired) electrons. The largest absolute Gasteiger partial charge is 0.393 e. The number of aromatic nitrogens is 2. The predicted molar refractivity (Wildman–Crippen MR) is 46.6 cm³/mol. The van der Waals surface area contributed by atoms with Gasteiger partial charge in [-0.15, -0.1) is 0 Å². The average molecular weight is 169 g/mol. The van der Waals surface area contributed by atoms with Crippen molar-refractivity contribution in [3.8, 4) is 0 Å². The molecule has 12 heavy (non-hydrogen) atoms. The standard InChI is InChI=1S/C8H15N3O/c1-7(12)2-3-9-4-8-5-10-6-11-8/h5-7,9,12H,2-4H2,1H3,(H,10,11). The van der Waals surface area contributed by atoms with Crippen molar-refractivity contribution >= 4 is 0 Å². The number of nitrogens with one attached hydrogen (secondary N) is 2. The Morgan fingerprint density at radius 2 is 2.58 bits per heavy atom. The Labute approximate surface area is 72.0 Å². The summed E-state index contributed by atoms with van der Waals surface area (Å²) in [6, 6.07) is 0. The topological polar surface area (TPSA) is 60.9 Å². The minimum Gasteiger partial charge on any atom is -0.393 e. The highest BCUT2D eigenvalue weighted by molar-refractivity contribution is 4.92. The third-order valence-electron chi connectivity index (χ3n) is 1.61. The molecule has 3 N–H and O–H groups in total. The molecule has 68 valence electrons. The summed E-state index contributed by atoms with van der Waals surface area (Å²) >= 11 is 0. The van der Waals surface area contributed by atoms with E-state index in [0.29, 0.717) is 0 Å². The lowest BCUT2D eigenvalue weighted by molar-refractivity contribution is 0.183. The maximum atomic E-state index is 8.95. The molecule has 1 aromatic rings. The fourth-order valence-electron chi connectivity index (χ4n) is 0.915. The second kappa shape index (κ2) is 4.90. The van der Waals surface area contributed by atoms with E-state index in [0.717, 1.165) is 25.2 Å². The molecule has 0 aliphatic heterocycles. The minimum absolute atomic E-state index is 0.223. The summed E-state index contributed by atoms with van der Waals surface area (Å²) in [6.45, 7) is 3.40. The highest BCUT2D eigenvalue weighted by Gasteiger charge is 1.95. The van der Waals surface area contributed by atoms with Crippen LogP contribution in [0.2, 0.25) is 0 Å². The smallest absolute Gasteiger partial charge is 0.0922 e. The van der Waals surface area contributed by atoms with Gasteiger partial charge in [0.25, 0.3) is 0 Å². The summed E-state index contributed by atoms with van der Waals surface area (Å²) in [5.41, 5.74) is 1.07. The third kappa shape index (κ3) is 3.50. The monoisotopic (exact) mass is 169 g/mol. The van der Waals surface area contributed by atoms with E-state index in [1.165, 1.54) is 0 Å². The Kier molecular flexibility index (Phi) is 3.76. The zero-order valence-corrected chi connectivity index (χ0v) is 7.25. The summed E-state index contributed by atoms with van der Waals surface area (Å²) in [6.07, 6.45) is 4.01. The Balaban J connectivity index is 2.04. The number of aromatic amines is 1. The van der Waals surface area contributed by atoms with E-state index in [4.69, 9.17) is 5.11 Å². The first-order valence-electron chi connectivity index (χ1n) is 4.15. The molecule has 0 aliphatic carbocycles. The second-order valence-electron chi connectivity index (χ2n) is 2.89. The number of aliphatic hydroxyl groups is 1. The Bertz CT molecular complexity index is 196. The molecule has 1 heterocycles. The number of imidazole rings is 1. The molecule has 1 rings (SSSR count). The maximum absolute atomic E-state index is 8.95. The highest BCUT2D eigenvalue weighted by Crippen LogP contribution is 1.90. The van der Waals surface area contributed by atoms with E-state index in [9.17, 15) is 0 Å². The van der Waals surface area contributed by atoms with Crippen molar-refractivity contribution in [2.75, 3.05) is 6.54 Å². The van der Waals surface area contributed by atoms with Crippen LogP contribution in [0, 0.1) is 0 Å². The zero-order valence-electron chi connectivity index (χ0n) is 7.25. The SMILES string of the molecule is CC(O)CCNCc1cnc[nH]1. The molecular weight excluding hydrogens is 154 g/mol. The quantitative estimate of drug-likeness (QED) is 0.554. The van der Waals surface area contributed by atoms with Gasteiger partial charge in [0, 0.05) is 18.4 Å². The molecule has 0 spiro atoms. The third-order valence-corrected chi connectivity index (χ3v) is 1.61. The Hall–Kier alpha value is -0.870. The minimum atomic E-state index is -0.223. The first kappa shape index (κ1) is 9.22. The van der Waals surface area contributed by atoms with Crippen molar-refractivity contribution in [3.05, 3.63) is 18.2 Å². The van der Waals surface area contributed by atoms with E-state index >= 15 is 0 Å². The number of hydrogen-bond acceptors (Lipinski definition) is 3. The van der Waals surface area contributed by atoms with Crippen LogP contribution < -0.4 is 5.32 Å². The summed E-state index contributed by atoms with van der Waals surface area (Å²) in [5, 5.41) is 12.1. The number of aliphatic hydroxyl groups excluding tert-OH is 1. The summed E-state index contributed by atoms with van der Waals surface area (Å²) in [4.78, 5) is 6.88. The van der Waals surface area contributed by atoms with Crippen molar-refractivity contribution in [1.82, 2.24) is 15.3 Å². The number of nitrogens with zero attached hydrogens (tertiary/aromatic N) is 1. The predicted octanol–water partition coefficient (Wildman–Crippen LogP) is 0.270. The normalized spacial score (nSPS) is 13.2. The second-order valence-corrected chi connectivity index (χ2v) is 2.89. The molecule has 0 bridgehead atoms. The molecule has 1 atom stereocenters. The molecule has 4 nitrogen and oxygen atoms in total. The lowest BCUT2D eigenvalue weighted by Gasteiger charge is -2.04.